The number of hydrogen-bond acceptors (Lipinski definition) is 3. The molecule has 1 N–H and O–H groups in total. The van der Waals surface area contributed by atoms with Crippen molar-refractivity contribution in [3.05, 3.63) is 22.7 Å². The van der Waals surface area contributed by atoms with Crippen LogP contribution in [0.25, 0.3) is 0 Å². The van der Waals surface area contributed by atoms with Crippen molar-refractivity contribution in [3.63, 3.8) is 0 Å². The third kappa shape index (κ3) is 4.07. The van der Waals surface area contributed by atoms with Crippen molar-refractivity contribution in [3.8, 4) is 11.5 Å². The lowest BCUT2D eigenvalue weighted by Gasteiger charge is -2.12. The highest BCUT2D eigenvalue weighted by atomic mass is 35.5. The molecule has 0 spiro atoms. The molecule has 0 radical (unpaired) electrons. The first-order chi connectivity index (χ1) is 8.74. The Morgan fingerprint density at radius 2 is 1.94 bits per heavy atom. The van der Waals surface area contributed by atoms with E-state index < -0.39 is 0 Å². The van der Waals surface area contributed by atoms with Gasteiger partial charge in [0, 0.05) is 0 Å². The van der Waals surface area contributed by atoms with Gasteiger partial charge >= 0.3 is 0 Å². The number of nitrogens with one attached hydrogen (secondary N) is 1. The van der Waals surface area contributed by atoms with Crippen molar-refractivity contribution < 1.29 is 9.47 Å². The average molecular weight is 272 g/mol. The van der Waals surface area contributed by atoms with E-state index in [1.807, 2.05) is 12.1 Å². The van der Waals surface area contributed by atoms with Crippen molar-refractivity contribution in [2.45, 2.75) is 26.2 Å². The molecule has 4 heteroatoms. The van der Waals surface area contributed by atoms with Gasteiger partial charge in [0.05, 0.1) is 19.2 Å². The zero-order valence-electron chi connectivity index (χ0n) is 11.4. The van der Waals surface area contributed by atoms with E-state index in [-0.39, 0.29) is 0 Å². The summed E-state index contributed by atoms with van der Waals surface area (Å²) >= 11 is 6.31. The van der Waals surface area contributed by atoms with Crippen molar-refractivity contribution in [1.29, 1.82) is 0 Å². The first-order valence-corrected chi connectivity index (χ1v) is 6.72. The van der Waals surface area contributed by atoms with Crippen LogP contribution in [0.1, 0.15) is 25.3 Å². The summed E-state index contributed by atoms with van der Waals surface area (Å²) in [5.41, 5.74) is 1.12. The van der Waals surface area contributed by atoms with Crippen LogP contribution in [0.3, 0.4) is 0 Å². The van der Waals surface area contributed by atoms with Crippen LogP contribution in [0.4, 0.5) is 0 Å². The van der Waals surface area contributed by atoms with Crippen LogP contribution in [0, 0.1) is 0 Å². The molecule has 0 saturated carbocycles. The molecule has 18 heavy (non-hydrogen) atoms. The van der Waals surface area contributed by atoms with Gasteiger partial charge < -0.3 is 14.8 Å². The number of aryl methyl sites for hydroxylation is 1. The maximum absolute atomic E-state index is 6.31. The predicted octanol–water partition coefficient (Wildman–Crippen LogP) is 3.29. The van der Waals surface area contributed by atoms with Crippen LogP contribution in [0.5, 0.6) is 11.5 Å². The van der Waals surface area contributed by atoms with Gasteiger partial charge in [0.2, 0.25) is 0 Å². The minimum atomic E-state index is 0.628. The van der Waals surface area contributed by atoms with Crippen LogP contribution in [-0.2, 0) is 6.42 Å². The van der Waals surface area contributed by atoms with Crippen molar-refractivity contribution >= 4 is 11.6 Å². The lowest BCUT2D eigenvalue weighted by Crippen LogP contribution is -2.13. The van der Waals surface area contributed by atoms with Gasteiger partial charge in [0.15, 0.2) is 11.5 Å². The molecule has 1 aromatic carbocycles. The number of methoxy groups -OCH3 is 2. The molecule has 0 unspecified atom stereocenters. The molecule has 0 fully saturated rings. The van der Waals surface area contributed by atoms with E-state index in [4.69, 9.17) is 21.1 Å². The fourth-order valence-corrected chi connectivity index (χ4v) is 2.19. The SMILES string of the molecule is CCNCCCCc1ccc(OC)c(OC)c1Cl. The van der Waals surface area contributed by atoms with Gasteiger partial charge in [-0.1, -0.05) is 24.6 Å². The standard InChI is InChI=1S/C14H22ClNO2/c1-4-16-10-6-5-7-11-8-9-12(17-2)14(18-3)13(11)15/h8-9,16H,4-7,10H2,1-3H3. The maximum Gasteiger partial charge on any atom is 0.179 e. The number of unbranched alkanes of at least 4 members (excludes halogenated alkanes) is 1. The molecule has 0 aliphatic carbocycles. The Morgan fingerprint density at radius 1 is 1.17 bits per heavy atom. The molecule has 0 bridgehead atoms. The quantitative estimate of drug-likeness (QED) is 0.736. The molecular weight excluding hydrogens is 250 g/mol. The minimum Gasteiger partial charge on any atom is -0.493 e. The van der Waals surface area contributed by atoms with Gasteiger partial charge in [-0.25, -0.2) is 0 Å². The second-order valence-corrected chi connectivity index (χ2v) is 4.46. The van der Waals surface area contributed by atoms with Crippen LogP contribution >= 0.6 is 11.6 Å². The number of rotatable bonds is 8. The molecule has 0 amide bonds. The Balaban J connectivity index is 2.61. The van der Waals surface area contributed by atoms with Gasteiger partial charge in [-0.15, -0.1) is 0 Å². The van der Waals surface area contributed by atoms with Gasteiger partial charge in [0.1, 0.15) is 0 Å². The highest BCUT2D eigenvalue weighted by Crippen LogP contribution is 2.37. The molecule has 0 aliphatic rings. The normalized spacial score (nSPS) is 10.4. The second kappa shape index (κ2) is 8.22. The highest BCUT2D eigenvalue weighted by Gasteiger charge is 2.12. The van der Waals surface area contributed by atoms with Crippen LogP contribution in [0.15, 0.2) is 12.1 Å². The molecule has 0 aromatic heterocycles. The first-order valence-electron chi connectivity index (χ1n) is 6.34. The molecule has 0 saturated heterocycles. The summed E-state index contributed by atoms with van der Waals surface area (Å²) in [5, 5.41) is 3.98. The Labute approximate surface area is 114 Å². The third-order valence-electron chi connectivity index (χ3n) is 2.86. The topological polar surface area (TPSA) is 30.5 Å². The number of halogens is 1. The fraction of sp³-hybridized carbons (Fsp3) is 0.571. The number of benzene rings is 1. The first kappa shape index (κ1) is 15.1. The van der Waals surface area contributed by atoms with Crippen LogP contribution in [0.2, 0.25) is 5.02 Å². The van der Waals surface area contributed by atoms with Crippen molar-refractivity contribution in [2.24, 2.45) is 0 Å². The summed E-state index contributed by atoms with van der Waals surface area (Å²) in [6.07, 6.45) is 3.23. The van der Waals surface area contributed by atoms with Gasteiger partial charge in [-0.3, -0.25) is 0 Å². The predicted molar refractivity (Wildman–Crippen MR) is 76.0 cm³/mol. The average Bonchev–Trinajstić information content (AvgIpc) is 2.39. The zero-order valence-corrected chi connectivity index (χ0v) is 12.1. The Kier molecular flexibility index (Phi) is 6.91. The molecular formula is C14H22ClNO2. The van der Waals surface area contributed by atoms with Crippen LogP contribution in [-0.4, -0.2) is 27.3 Å². The molecule has 0 aliphatic heterocycles. The van der Waals surface area contributed by atoms with E-state index >= 15 is 0 Å². The Hall–Kier alpha value is -0.930. The minimum absolute atomic E-state index is 0.628. The van der Waals surface area contributed by atoms with E-state index in [0.29, 0.717) is 16.5 Å². The van der Waals surface area contributed by atoms with E-state index in [1.165, 1.54) is 0 Å². The second-order valence-electron chi connectivity index (χ2n) is 4.08. The maximum atomic E-state index is 6.31. The van der Waals surface area contributed by atoms with E-state index in [1.54, 1.807) is 14.2 Å². The third-order valence-corrected chi connectivity index (χ3v) is 3.28. The summed E-state index contributed by atoms with van der Waals surface area (Å²) in [7, 11) is 3.23. The number of hydrogen-bond donors (Lipinski definition) is 1. The van der Waals surface area contributed by atoms with Gasteiger partial charge in [-0.05, 0) is 44.0 Å². The number of ether oxygens (including phenoxy) is 2. The van der Waals surface area contributed by atoms with Gasteiger partial charge in [-0.2, -0.15) is 0 Å². The highest BCUT2D eigenvalue weighted by molar-refractivity contribution is 6.33. The molecule has 0 atom stereocenters. The monoisotopic (exact) mass is 271 g/mol. The lowest BCUT2D eigenvalue weighted by atomic mass is 10.1. The van der Waals surface area contributed by atoms with Crippen molar-refractivity contribution in [2.75, 3.05) is 27.3 Å². The van der Waals surface area contributed by atoms with E-state index in [9.17, 15) is 0 Å². The Bertz CT molecular complexity index is 369. The summed E-state index contributed by atoms with van der Waals surface area (Å²) in [6, 6.07) is 3.92. The molecule has 102 valence electrons. The summed E-state index contributed by atoms with van der Waals surface area (Å²) in [5.74, 6) is 1.31. The smallest absolute Gasteiger partial charge is 0.179 e. The van der Waals surface area contributed by atoms with E-state index in [0.717, 1.165) is 37.9 Å². The van der Waals surface area contributed by atoms with Crippen molar-refractivity contribution in [1.82, 2.24) is 5.32 Å². The fourth-order valence-electron chi connectivity index (χ4n) is 1.87. The molecule has 1 rings (SSSR count). The Morgan fingerprint density at radius 3 is 2.56 bits per heavy atom. The lowest BCUT2D eigenvalue weighted by molar-refractivity contribution is 0.354. The molecule has 1 aromatic rings. The largest absolute Gasteiger partial charge is 0.493 e. The summed E-state index contributed by atoms with van der Waals surface area (Å²) in [4.78, 5) is 0. The van der Waals surface area contributed by atoms with Crippen LogP contribution < -0.4 is 14.8 Å². The summed E-state index contributed by atoms with van der Waals surface area (Å²) < 4.78 is 10.5. The molecule has 3 nitrogen and oxygen atoms in total. The molecule has 0 heterocycles. The van der Waals surface area contributed by atoms with Gasteiger partial charge in [0.25, 0.3) is 0 Å². The summed E-state index contributed by atoms with van der Waals surface area (Å²) in [6.45, 7) is 4.20. The zero-order chi connectivity index (χ0) is 13.4. The van der Waals surface area contributed by atoms with E-state index in [2.05, 4.69) is 12.2 Å².